The van der Waals surface area contributed by atoms with Crippen molar-refractivity contribution < 1.29 is 9.21 Å². The summed E-state index contributed by atoms with van der Waals surface area (Å²) in [5, 5.41) is 0. The third-order valence-electron chi connectivity index (χ3n) is 3.36. The number of aryl methyl sites for hydroxylation is 2. The Morgan fingerprint density at radius 1 is 1.30 bits per heavy atom. The van der Waals surface area contributed by atoms with Crippen LogP contribution in [0, 0.1) is 13.8 Å². The molecule has 3 rings (SSSR count). The number of imidazole rings is 1. The van der Waals surface area contributed by atoms with Gasteiger partial charge in [0.25, 0.3) is 5.56 Å². The molecular formula is C16H16N4O3. The number of pyridine rings is 1. The van der Waals surface area contributed by atoms with Crippen molar-refractivity contribution >= 4 is 5.91 Å². The van der Waals surface area contributed by atoms with E-state index in [9.17, 15) is 9.59 Å². The number of hydrogen-bond donors (Lipinski definition) is 1. The van der Waals surface area contributed by atoms with Crippen LogP contribution in [0.1, 0.15) is 27.6 Å². The minimum atomic E-state index is -0.476. The van der Waals surface area contributed by atoms with Crippen LogP contribution in [-0.4, -0.2) is 20.1 Å². The molecule has 3 heterocycles. The molecule has 1 amide bonds. The summed E-state index contributed by atoms with van der Waals surface area (Å²) in [5.41, 5.74) is 3.75. The predicted molar refractivity (Wildman–Crippen MR) is 83.9 cm³/mol. The first-order valence-electron chi connectivity index (χ1n) is 7.09. The minimum Gasteiger partial charge on any atom is -0.454 e. The zero-order valence-electron chi connectivity index (χ0n) is 12.8. The zero-order valence-corrected chi connectivity index (χ0v) is 12.8. The summed E-state index contributed by atoms with van der Waals surface area (Å²) in [6, 6.07) is 6.57. The van der Waals surface area contributed by atoms with Gasteiger partial charge in [0.2, 0.25) is 0 Å². The molecule has 0 aromatic carbocycles. The lowest BCUT2D eigenvalue weighted by molar-refractivity contribution is 0.0978. The Labute approximate surface area is 132 Å². The Morgan fingerprint density at radius 3 is 2.83 bits per heavy atom. The van der Waals surface area contributed by atoms with Gasteiger partial charge in [-0.05, 0) is 37.6 Å². The molecule has 0 aliphatic heterocycles. The van der Waals surface area contributed by atoms with Gasteiger partial charge < -0.3 is 8.98 Å². The molecule has 0 atom stereocenters. The summed E-state index contributed by atoms with van der Waals surface area (Å²) in [7, 11) is 0. The third kappa shape index (κ3) is 3.23. The smallest absolute Gasteiger partial charge is 0.305 e. The Bertz CT molecular complexity index is 890. The van der Waals surface area contributed by atoms with Gasteiger partial charge in [0, 0.05) is 24.2 Å². The molecule has 0 saturated heterocycles. The van der Waals surface area contributed by atoms with Crippen molar-refractivity contribution in [2.75, 3.05) is 5.43 Å². The first-order chi connectivity index (χ1) is 11.0. The topological polar surface area (TPSA) is 82.1 Å². The highest BCUT2D eigenvalue weighted by Crippen LogP contribution is 2.10. The van der Waals surface area contributed by atoms with Crippen LogP contribution in [0.15, 0.2) is 52.2 Å². The van der Waals surface area contributed by atoms with E-state index in [0.29, 0.717) is 18.0 Å². The fourth-order valence-corrected chi connectivity index (χ4v) is 2.31. The molecule has 7 nitrogen and oxygen atoms in total. The summed E-state index contributed by atoms with van der Waals surface area (Å²) < 4.78 is 8.55. The summed E-state index contributed by atoms with van der Waals surface area (Å²) in [5.74, 6) is 0.295. The quantitative estimate of drug-likeness (QED) is 0.794. The number of carbonyl (C=O) groups is 1. The molecule has 0 bridgehead atoms. The number of carbonyl (C=O) groups excluding carboxylic acids is 1. The van der Waals surface area contributed by atoms with Gasteiger partial charge >= 0.3 is 5.91 Å². The van der Waals surface area contributed by atoms with E-state index in [1.807, 2.05) is 17.6 Å². The Morgan fingerprint density at radius 2 is 2.13 bits per heavy atom. The summed E-state index contributed by atoms with van der Waals surface area (Å²) >= 11 is 0. The molecule has 3 aromatic rings. The number of nitrogens with one attached hydrogen (secondary N) is 1. The number of aromatic nitrogens is 3. The van der Waals surface area contributed by atoms with Crippen molar-refractivity contribution in [1.82, 2.24) is 14.2 Å². The van der Waals surface area contributed by atoms with Crippen LogP contribution in [0.5, 0.6) is 0 Å². The normalized spacial score (nSPS) is 10.7. The van der Waals surface area contributed by atoms with E-state index in [0.717, 1.165) is 5.56 Å². The molecule has 0 aliphatic rings. The van der Waals surface area contributed by atoms with Crippen LogP contribution in [-0.2, 0) is 6.54 Å². The van der Waals surface area contributed by atoms with Crippen LogP contribution >= 0.6 is 0 Å². The van der Waals surface area contributed by atoms with Crippen molar-refractivity contribution in [2.45, 2.75) is 20.4 Å². The lowest BCUT2D eigenvalue weighted by Crippen LogP contribution is -2.34. The third-order valence-corrected chi connectivity index (χ3v) is 3.36. The van der Waals surface area contributed by atoms with Crippen LogP contribution in [0.2, 0.25) is 0 Å². The van der Waals surface area contributed by atoms with Gasteiger partial charge in [-0.3, -0.25) is 15.0 Å². The summed E-state index contributed by atoms with van der Waals surface area (Å²) in [6.07, 6.45) is 5.14. The molecule has 1 N–H and O–H groups in total. The van der Waals surface area contributed by atoms with E-state index in [1.54, 1.807) is 37.8 Å². The molecule has 118 valence electrons. The van der Waals surface area contributed by atoms with Crippen molar-refractivity contribution in [1.29, 1.82) is 0 Å². The van der Waals surface area contributed by atoms with E-state index in [1.165, 1.54) is 10.7 Å². The van der Waals surface area contributed by atoms with Gasteiger partial charge in [0.1, 0.15) is 5.76 Å². The fraction of sp³-hybridized carbons (Fsp3) is 0.188. The fourth-order valence-electron chi connectivity index (χ4n) is 2.31. The number of amides is 1. The maximum absolute atomic E-state index is 12.2. The van der Waals surface area contributed by atoms with Gasteiger partial charge in [0.15, 0.2) is 5.76 Å². The van der Waals surface area contributed by atoms with E-state index >= 15 is 0 Å². The van der Waals surface area contributed by atoms with Gasteiger partial charge in [0.05, 0.1) is 12.9 Å². The van der Waals surface area contributed by atoms with Crippen molar-refractivity contribution in [3.63, 3.8) is 0 Å². The van der Waals surface area contributed by atoms with Gasteiger partial charge in [-0.25, -0.2) is 9.66 Å². The largest absolute Gasteiger partial charge is 0.454 e. The summed E-state index contributed by atoms with van der Waals surface area (Å²) in [6.45, 7) is 4.06. The SMILES string of the molecule is Cc1cc(C)n(NC(=O)c2ccc(Cn3ccnc3)o2)c(=O)c1. The predicted octanol–water partition coefficient (Wildman–Crippen LogP) is 1.69. The molecule has 0 radical (unpaired) electrons. The second-order valence-corrected chi connectivity index (χ2v) is 5.29. The molecule has 0 fully saturated rings. The van der Waals surface area contributed by atoms with Crippen LogP contribution in [0.3, 0.4) is 0 Å². The van der Waals surface area contributed by atoms with E-state index < -0.39 is 5.91 Å². The standard InChI is InChI=1S/C16H16N4O3/c1-11-7-12(2)20(15(21)8-11)18-16(22)14-4-3-13(23-14)9-19-6-5-17-10-19/h3-8,10H,9H2,1-2H3,(H,18,22). The Hall–Kier alpha value is -3.09. The molecule has 23 heavy (non-hydrogen) atoms. The number of rotatable bonds is 4. The van der Waals surface area contributed by atoms with Crippen molar-refractivity contribution in [3.8, 4) is 0 Å². The maximum Gasteiger partial charge on any atom is 0.305 e. The lowest BCUT2D eigenvalue weighted by Gasteiger charge is -2.10. The summed E-state index contributed by atoms with van der Waals surface area (Å²) in [4.78, 5) is 28.1. The number of nitrogens with zero attached hydrogens (tertiary/aromatic N) is 3. The molecule has 3 aromatic heterocycles. The van der Waals surface area contributed by atoms with Gasteiger partial charge in [-0.15, -0.1) is 0 Å². The van der Waals surface area contributed by atoms with E-state index in [2.05, 4.69) is 10.4 Å². The minimum absolute atomic E-state index is 0.145. The molecular weight excluding hydrogens is 296 g/mol. The zero-order chi connectivity index (χ0) is 16.4. The molecule has 0 aliphatic carbocycles. The number of hydrogen-bond acceptors (Lipinski definition) is 4. The average molecular weight is 312 g/mol. The lowest BCUT2D eigenvalue weighted by atomic mass is 10.2. The van der Waals surface area contributed by atoms with Gasteiger partial charge in [-0.2, -0.15) is 0 Å². The number of furan rings is 1. The first-order valence-corrected chi connectivity index (χ1v) is 7.09. The Kier molecular flexibility index (Phi) is 3.84. The Balaban J connectivity index is 1.77. The molecule has 7 heteroatoms. The van der Waals surface area contributed by atoms with E-state index in [-0.39, 0.29) is 11.3 Å². The highest BCUT2D eigenvalue weighted by atomic mass is 16.4. The monoisotopic (exact) mass is 312 g/mol. The van der Waals surface area contributed by atoms with Crippen molar-refractivity contribution in [2.24, 2.45) is 0 Å². The first kappa shape index (κ1) is 14.8. The van der Waals surface area contributed by atoms with Gasteiger partial charge in [-0.1, -0.05) is 0 Å². The highest BCUT2D eigenvalue weighted by molar-refractivity contribution is 5.97. The van der Waals surface area contributed by atoms with Crippen molar-refractivity contribution in [3.05, 3.63) is 76.1 Å². The van der Waals surface area contributed by atoms with Crippen LogP contribution < -0.4 is 11.0 Å². The molecule has 0 spiro atoms. The molecule has 0 saturated carbocycles. The maximum atomic E-state index is 12.2. The second-order valence-electron chi connectivity index (χ2n) is 5.29. The van der Waals surface area contributed by atoms with E-state index in [4.69, 9.17) is 4.42 Å². The molecule has 0 unspecified atom stereocenters. The second kappa shape index (κ2) is 5.96. The van der Waals surface area contributed by atoms with Crippen LogP contribution in [0.4, 0.5) is 0 Å². The average Bonchev–Trinajstić information content (AvgIpc) is 3.15. The van der Waals surface area contributed by atoms with Crippen LogP contribution in [0.25, 0.3) is 0 Å². The highest BCUT2D eigenvalue weighted by Gasteiger charge is 2.13.